The van der Waals surface area contributed by atoms with Crippen LogP contribution in [0.5, 0.6) is 0 Å². The lowest BCUT2D eigenvalue weighted by atomic mass is 9.83. The predicted octanol–water partition coefficient (Wildman–Crippen LogP) is 3.29. The smallest absolute Gasteiger partial charge is 0.0589 e. The van der Waals surface area contributed by atoms with Crippen molar-refractivity contribution in [1.82, 2.24) is 10.2 Å². The molecule has 0 aromatic carbocycles. The molecule has 1 aliphatic rings. The molecule has 1 fully saturated rings. The largest absolute Gasteiger partial charge is 0.383 e. The quantitative estimate of drug-likeness (QED) is 0.666. The second-order valence-electron chi connectivity index (χ2n) is 6.31. The van der Waals surface area contributed by atoms with E-state index in [1.54, 1.807) is 7.11 Å². The third kappa shape index (κ3) is 6.11. The first-order chi connectivity index (χ1) is 9.72. The number of nitrogens with zero attached hydrogens (tertiary/aromatic N) is 1. The van der Waals surface area contributed by atoms with Crippen molar-refractivity contribution in [1.29, 1.82) is 0 Å². The molecule has 0 radical (unpaired) electrons. The molecule has 1 saturated carbocycles. The summed E-state index contributed by atoms with van der Waals surface area (Å²) in [7, 11) is 1.80. The minimum Gasteiger partial charge on any atom is -0.383 e. The van der Waals surface area contributed by atoms with Crippen LogP contribution >= 0.6 is 0 Å². The molecule has 0 heterocycles. The first-order valence-electron chi connectivity index (χ1n) is 8.69. The molecule has 0 aromatic rings. The summed E-state index contributed by atoms with van der Waals surface area (Å²) >= 11 is 0. The number of hydrogen-bond acceptors (Lipinski definition) is 3. The van der Waals surface area contributed by atoms with E-state index in [1.807, 2.05) is 0 Å². The predicted molar refractivity (Wildman–Crippen MR) is 87.2 cm³/mol. The lowest BCUT2D eigenvalue weighted by Gasteiger charge is -2.37. The summed E-state index contributed by atoms with van der Waals surface area (Å²) < 4.78 is 5.29. The Morgan fingerprint density at radius 1 is 1.20 bits per heavy atom. The van der Waals surface area contributed by atoms with Gasteiger partial charge < -0.3 is 10.1 Å². The first kappa shape index (κ1) is 17.9. The minimum absolute atomic E-state index is 0.648. The fourth-order valence-electron chi connectivity index (χ4n) is 3.39. The van der Waals surface area contributed by atoms with Crippen molar-refractivity contribution < 1.29 is 4.74 Å². The highest BCUT2D eigenvalue weighted by Crippen LogP contribution is 2.27. The molecule has 0 amide bonds. The topological polar surface area (TPSA) is 24.5 Å². The molecule has 3 nitrogen and oxygen atoms in total. The Balaban J connectivity index is 2.57. The van der Waals surface area contributed by atoms with Gasteiger partial charge >= 0.3 is 0 Å². The summed E-state index contributed by atoms with van der Waals surface area (Å²) in [5.41, 5.74) is 0. The van der Waals surface area contributed by atoms with Gasteiger partial charge in [-0.25, -0.2) is 0 Å². The van der Waals surface area contributed by atoms with Crippen molar-refractivity contribution in [2.45, 2.75) is 71.4 Å². The number of nitrogens with one attached hydrogen (secondary N) is 1. The van der Waals surface area contributed by atoms with Gasteiger partial charge in [-0.3, -0.25) is 4.90 Å². The zero-order chi connectivity index (χ0) is 14.8. The highest BCUT2D eigenvalue weighted by Gasteiger charge is 2.26. The Kier molecular flexibility index (Phi) is 9.49. The number of hydrogen-bond donors (Lipinski definition) is 1. The van der Waals surface area contributed by atoms with Crippen LogP contribution in [0.1, 0.15) is 59.3 Å². The number of likely N-dealkylation sites (N-methyl/N-ethyl adjacent to an activating group) is 1. The number of methoxy groups -OCH3 is 1. The standard InChI is InChI=1S/C17H36N2O/c1-5-15(3)19(12-13-20-4)14-17(18-6-2)16-10-8-7-9-11-16/h15-18H,5-14H2,1-4H3. The summed E-state index contributed by atoms with van der Waals surface area (Å²) in [4.78, 5) is 2.62. The van der Waals surface area contributed by atoms with Gasteiger partial charge in [0.25, 0.3) is 0 Å². The van der Waals surface area contributed by atoms with Crippen molar-refractivity contribution in [3.63, 3.8) is 0 Å². The Bertz CT molecular complexity index is 229. The van der Waals surface area contributed by atoms with Gasteiger partial charge in [-0.2, -0.15) is 0 Å². The second kappa shape index (κ2) is 10.6. The van der Waals surface area contributed by atoms with Crippen molar-refractivity contribution in [3.05, 3.63) is 0 Å². The van der Waals surface area contributed by atoms with Crippen LogP contribution in [0.15, 0.2) is 0 Å². The molecule has 0 spiro atoms. The number of ether oxygens (including phenoxy) is 1. The van der Waals surface area contributed by atoms with E-state index in [0.29, 0.717) is 12.1 Å². The van der Waals surface area contributed by atoms with Crippen molar-refractivity contribution in [2.75, 3.05) is 33.4 Å². The summed E-state index contributed by atoms with van der Waals surface area (Å²) in [6, 6.07) is 1.31. The monoisotopic (exact) mass is 284 g/mol. The molecule has 120 valence electrons. The second-order valence-corrected chi connectivity index (χ2v) is 6.31. The number of rotatable bonds is 10. The molecule has 0 bridgehead atoms. The van der Waals surface area contributed by atoms with Crippen molar-refractivity contribution >= 4 is 0 Å². The molecule has 20 heavy (non-hydrogen) atoms. The van der Waals surface area contributed by atoms with Gasteiger partial charge in [-0.1, -0.05) is 33.1 Å². The zero-order valence-corrected chi connectivity index (χ0v) is 14.2. The van der Waals surface area contributed by atoms with Crippen molar-refractivity contribution in [2.24, 2.45) is 5.92 Å². The first-order valence-corrected chi connectivity index (χ1v) is 8.69. The van der Waals surface area contributed by atoms with E-state index in [0.717, 1.165) is 25.6 Å². The van der Waals surface area contributed by atoms with E-state index in [-0.39, 0.29) is 0 Å². The summed E-state index contributed by atoms with van der Waals surface area (Å²) in [6.07, 6.45) is 8.33. The zero-order valence-electron chi connectivity index (χ0n) is 14.2. The van der Waals surface area contributed by atoms with Crippen LogP contribution in [0.3, 0.4) is 0 Å². The molecular formula is C17H36N2O. The summed E-state index contributed by atoms with van der Waals surface area (Å²) in [5, 5.41) is 3.76. The van der Waals surface area contributed by atoms with E-state index >= 15 is 0 Å². The molecule has 2 atom stereocenters. The molecular weight excluding hydrogens is 248 g/mol. The van der Waals surface area contributed by atoms with Crippen LogP contribution in [0, 0.1) is 5.92 Å². The van der Waals surface area contributed by atoms with Crippen LogP contribution in [0.4, 0.5) is 0 Å². The lowest BCUT2D eigenvalue weighted by Crippen LogP contribution is -2.49. The summed E-state index contributed by atoms with van der Waals surface area (Å²) in [5.74, 6) is 0.873. The lowest BCUT2D eigenvalue weighted by molar-refractivity contribution is 0.101. The van der Waals surface area contributed by atoms with Gasteiger partial charge in [0.1, 0.15) is 0 Å². The third-order valence-electron chi connectivity index (χ3n) is 4.91. The Morgan fingerprint density at radius 2 is 1.90 bits per heavy atom. The van der Waals surface area contributed by atoms with Gasteiger partial charge in [0.15, 0.2) is 0 Å². The maximum Gasteiger partial charge on any atom is 0.0589 e. The average Bonchev–Trinajstić information content (AvgIpc) is 2.50. The Labute approximate surface area is 126 Å². The van der Waals surface area contributed by atoms with Gasteiger partial charge in [-0.05, 0) is 38.6 Å². The molecule has 2 unspecified atom stereocenters. The highest BCUT2D eigenvalue weighted by atomic mass is 16.5. The van der Waals surface area contributed by atoms with Crippen LogP contribution in [-0.2, 0) is 4.74 Å². The van der Waals surface area contributed by atoms with Crippen LogP contribution in [-0.4, -0.2) is 50.3 Å². The Morgan fingerprint density at radius 3 is 2.45 bits per heavy atom. The molecule has 0 aliphatic heterocycles. The molecule has 0 saturated heterocycles. The minimum atomic E-state index is 0.648. The van der Waals surface area contributed by atoms with E-state index in [2.05, 4.69) is 31.0 Å². The normalized spacial score (nSPS) is 20.2. The van der Waals surface area contributed by atoms with E-state index in [9.17, 15) is 0 Å². The molecule has 0 aromatic heterocycles. The maximum atomic E-state index is 5.29. The average molecular weight is 284 g/mol. The fraction of sp³-hybridized carbons (Fsp3) is 1.00. The van der Waals surface area contributed by atoms with E-state index < -0.39 is 0 Å². The van der Waals surface area contributed by atoms with Gasteiger partial charge in [-0.15, -0.1) is 0 Å². The fourth-order valence-corrected chi connectivity index (χ4v) is 3.39. The maximum absolute atomic E-state index is 5.29. The molecule has 1 N–H and O–H groups in total. The third-order valence-corrected chi connectivity index (χ3v) is 4.91. The SMILES string of the molecule is CCNC(CN(CCOC)C(C)CC)C1CCCCC1. The van der Waals surface area contributed by atoms with E-state index in [1.165, 1.54) is 45.1 Å². The van der Waals surface area contributed by atoms with Crippen LogP contribution in [0.2, 0.25) is 0 Å². The molecule has 1 rings (SSSR count). The van der Waals surface area contributed by atoms with Crippen LogP contribution in [0.25, 0.3) is 0 Å². The molecule has 1 aliphatic carbocycles. The van der Waals surface area contributed by atoms with E-state index in [4.69, 9.17) is 4.74 Å². The summed E-state index contributed by atoms with van der Waals surface area (Å²) in [6.45, 7) is 11.0. The Hall–Kier alpha value is -0.120. The van der Waals surface area contributed by atoms with Gasteiger partial charge in [0, 0.05) is 32.3 Å². The van der Waals surface area contributed by atoms with Gasteiger partial charge in [0.2, 0.25) is 0 Å². The van der Waals surface area contributed by atoms with Gasteiger partial charge in [0.05, 0.1) is 6.61 Å². The molecule has 3 heteroatoms. The van der Waals surface area contributed by atoms with Crippen LogP contribution < -0.4 is 5.32 Å². The highest BCUT2D eigenvalue weighted by molar-refractivity contribution is 4.83. The van der Waals surface area contributed by atoms with Crippen molar-refractivity contribution in [3.8, 4) is 0 Å².